The van der Waals surface area contributed by atoms with E-state index in [1.54, 1.807) is 12.1 Å². The first-order valence-electron chi connectivity index (χ1n) is 3.43. The fourth-order valence-electron chi connectivity index (χ4n) is 0.838. The second-order valence-corrected chi connectivity index (χ2v) is 4.49. The van der Waals surface area contributed by atoms with Crippen molar-refractivity contribution in [3.63, 3.8) is 0 Å². The van der Waals surface area contributed by atoms with Crippen LogP contribution in [-0.2, 0) is 4.79 Å². The van der Waals surface area contributed by atoms with Crippen LogP contribution in [0, 0.1) is 3.57 Å². The molecule has 2 nitrogen and oxygen atoms in total. The van der Waals surface area contributed by atoms with Gasteiger partial charge in [0.05, 0.1) is 15.7 Å². The highest BCUT2D eigenvalue weighted by Gasteiger charge is 2.08. The fraction of sp³-hybridized carbons (Fsp3) is 0.125. The molecule has 0 atom stereocenters. The number of benzene rings is 1. The van der Waals surface area contributed by atoms with Gasteiger partial charge in [0.15, 0.2) is 0 Å². The smallest absolute Gasteiger partial charge is 0.221 e. The Morgan fingerprint density at radius 2 is 1.85 bits per heavy atom. The maximum absolute atomic E-state index is 10.8. The second kappa shape index (κ2) is 4.48. The molecule has 1 rings (SSSR count). The van der Waals surface area contributed by atoms with Crippen LogP contribution in [0.5, 0.6) is 0 Å². The highest BCUT2D eigenvalue weighted by Crippen LogP contribution is 2.32. The minimum absolute atomic E-state index is 0.190. The average molecular weight is 330 g/mol. The molecule has 0 aliphatic rings. The number of anilines is 1. The summed E-state index contributed by atoms with van der Waals surface area (Å²) in [5.41, 5.74) is 0.469. The van der Waals surface area contributed by atoms with E-state index >= 15 is 0 Å². The number of nitrogens with one attached hydrogen (secondary N) is 1. The van der Waals surface area contributed by atoms with Crippen molar-refractivity contribution in [2.45, 2.75) is 6.92 Å². The molecule has 0 saturated heterocycles. The van der Waals surface area contributed by atoms with Gasteiger partial charge in [-0.2, -0.15) is 0 Å². The van der Waals surface area contributed by atoms with Gasteiger partial charge >= 0.3 is 0 Å². The first kappa shape index (κ1) is 11.1. The largest absolute Gasteiger partial charge is 0.324 e. The van der Waals surface area contributed by atoms with Crippen LogP contribution < -0.4 is 5.32 Å². The summed E-state index contributed by atoms with van der Waals surface area (Å²) in [4.78, 5) is 10.8. The lowest BCUT2D eigenvalue weighted by molar-refractivity contribution is -0.114. The van der Waals surface area contributed by atoms with E-state index in [2.05, 4.69) is 27.9 Å². The number of hydrogen-bond acceptors (Lipinski definition) is 1. The molecule has 0 fully saturated rings. The molecule has 5 heteroatoms. The first-order chi connectivity index (χ1) is 6.00. The number of carbonyl (C=O) groups excluding carboxylic acids is 1. The summed E-state index contributed by atoms with van der Waals surface area (Å²) in [5.74, 6) is -0.190. The zero-order chi connectivity index (χ0) is 10.0. The van der Waals surface area contributed by atoms with E-state index in [4.69, 9.17) is 23.2 Å². The van der Waals surface area contributed by atoms with Crippen molar-refractivity contribution in [1.29, 1.82) is 0 Å². The summed E-state index contributed by atoms with van der Waals surface area (Å²) in [5, 5.41) is 3.46. The fourth-order valence-corrected chi connectivity index (χ4v) is 2.41. The van der Waals surface area contributed by atoms with Gasteiger partial charge in [-0.15, -0.1) is 0 Å². The van der Waals surface area contributed by atoms with Crippen LogP contribution >= 0.6 is 45.8 Å². The molecule has 0 aromatic heterocycles. The zero-order valence-corrected chi connectivity index (χ0v) is 10.4. The third-order valence-corrected chi connectivity index (χ3v) is 2.53. The van der Waals surface area contributed by atoms with Crippen molar-refractivity contribution in [3.8, 4) is 0 Å². The van der Waals surface area contributed by atoms with Crippen molar-refractivity contribution >= 4 is 57.4 Å². The number of hydrogen-bond donors (Lipinski definition) is 1. The summed E-state index contributed by atoms with van der Waals surface area (Å²) >= 11 is 13.8. The monoisotopic (exact) mass is 329 g/mol. The lowest BCUT2D eigenvalue weighted by Gasteiger charge is -2.07. The van der Waals surface area contributed by atoms with E-state index in [0.717, 1.165) is 3.57 Å². The molecule has 1 amide bonds. The molecule has 0 unspecified atom stereocenters. The Morgan fingerprint density at radius 3 is 2.23 bits per heavy atom. The predicted molar refractivity (Wildman–Crippen MR) is 63.5 cm³/mol. The quantitative estimate of drug-likeness (QED) is 0.784. The first-order valence-corrected chi connectivity index (χ1v) is 5.26. The van der Waals surface area contributed by atoms with Crippen LogP contribution in [0.1, 0.15) is 6.92 Å². The number of carbonyl (C=O) groups is 1. The van der Waals surface area contributed by atoms with Crippen molar-refractivity contribution in [2.75, 3.05) is 5.32 Å². The highest BCUT2D eigenvalue weighted by atomic mass is 127. The summed E-state index contributed by atoms with van der Waals surface area (Å²) < 4.78 is 0.932. The van der Waals surface area contributed by atoms with Gasteiger partial charge in [0.2, 0.25) is 5.91 Å². The van der Waals surface area contributed by atoms with Gasteiger partial charge in [0, 0.05) is 10.5 Å². The van der Waals surface area contributed by atoms with Crippen LogP contribution in [0.4, 0.5) is 5.69 Å². The van der Waals surface area contributed by atoms with Gasteiger partial charge < -0.3 is 5.32 Å². The van der Waals surface area contributed by atoms with Crippen LogP contribution in [0.3, 0.4) is 0 Å². The summed E-state index contributed by atoms with van der Waals surface area (Å²) in [7, 11) is 0. The summed E-state index contributed by atoms with van der Waals surface area (Å²) in [6.07, 6.45) is 0. The Balaban J connectivity index is 3.13. The molecule has 0 bridgehead atoms. The van der Waals surface area contributed by atoms with Crippen molar-refractivity contribution < 1.29 is 4.79 Å². The van der Waals surface area contributed by atoms with E-state index in [0.29, 0.717) is 15.7 Å². The van der Waals surface area contributed by atoms with Gasteiger partial charge in [-0.25, -0.2) is 0 Å². The Labute approximate surface area is 99.7 Å². The average Bonchev–Trinajstić information content (AvgIpc) is 1.96. The molecule has 1 aromatic carbocycles. The van der Waals surface area contributed by atoms with Gasteiger partial charge in [0.25, 0.3) is 0 Å². The normalized spacial score (nSPS) is 9.85. The molecule has 1 aromatic rings. The third-order valence-electron chi connectivity index (χ3n) is 1.31. The molecular weight excluding hydrogens is 324 g/mol. The maximum Gasteiger partial charge on any atom is 0.221 e. The van der Waals surface area contributed by atoms with Crippen molar-refractivity contribution in [3.05, 3.63) is 25.7 Å². The second-order valence-electron chi connectivity index (χ2n) is 2.43. The number of halogens is 3. The van der Waals surface area contributed by atoms with E-state index in [-0.39, 0.29) is 5.91 Å². The van der Waals surface area contributed by atoms with E-state index in [9.17, 15) is 4.79 Å². The van der Waals surface area contributed by atoms with E-state index < -0.39 is 0 Å². The number of rotatable bonds is 1. The SMILES string of the molecule is CC(=O)Nc1c(Cl)cc(I)cc1Cl. The summed E-state index contributed by atoms with van der Waals surface area (Å²) in [6, 6.07) is 3.47. The Kier molecular flexibility index (Phi) is 3.82. The Morgan fingerprint density at radius 1 is 1.38 bits per heavy atom. The molecule has 0 spiro atoms. The molecule has 13 heavy (non-hydrogen) atoms. The van der Waals surface area contributed by atoms with Crippen LogP contribution in [0.25, 0.3) is 0 Å². The van der Waals surface area contributed by atoms with Crippen LogP contribution in [-0.4, -0.2) is 5.91 Å². The van der Waals surface area contributed by atoms with Crippen molar-refractivity contribution in [2.24, 2.45) is 0 Å². The molecule has 70 valence electrons. The zero-order valence-electron chi connectivity index (χ0n) is 6.70. The lowest BCUT2D eigenvalue weighted by atomic mass is 10.3. The van der Waals surface area contributed by atoms with E-state index in [1.165, 1.54) is 6.92 Å². The maximum atomic E-state index is 10.8. The van der Waals surface area contributed by atoms with Crippen molar-refractivity contribution in [1.82, 2.24) is 0 Å². The molecule has 0 aliphatic carbocycles. The topological polar surface area (TPSA) is 29.1 Å². The molecule has 0 aliphatic heterocycles. The molecule has 0 radical (unpaired) electrons. The highest BCUT2D eigenvalue weighted by molar-refractivity contribution is 14.1. The lowest BCUT2D eigenvalue weighted by Crippen LogP contribution is -2.06. The van der Waals surface area contributed by atoms with E-state index in [1.807, 2.05) is 0 Å². The number of amides is 1. The van der Waals surface area contributed by atoms with Crippen LogP contribution in [0.2, 0.25) is 10.0 Å². The minimum Gasteiger partial charge on any atom is -0.324 e. The standard InChI is InChI=1S/C8H6Cl2INO/c1-4(13)12-8-6(9)2-5(11)3-7(8)10/h2-3H,1H3,(H,12,13). The van der Waals surface area contributed by atoms with Gasteiger partial charge in [-0.3, -0.25) is 4.79 Å². The third kappa shape index (κ3) is 3.00. The summed E-state index contributed by atoms with van der Waals surface area (Å²) in [6.45, 7) is 1.41. The minimum atomic E-state index is -0.190. The van der Waals surface area contributed by atoms with Gasteiger partial charge in [-0.1, -0.05) is 23.2 Å². The van der Waals surface area contributed by atoms with Gasteiger partial charge in [0.1, 0.15) is 0 Å². The predicted octanol–water partition coefficient (Wildman–Crippen LogP) is 3.56. The molecule has 1 N–H and O–H groups in total. The molecule has 0 saturated carbocycles. The Hall–Kier alpha value is -0.0000000000000000555. The molecule has 0 heterocycles. The van der Waals surface area contributed by atoms with Crippen LogP contribution in [0.15, 0.2) is 12.1 Å². The van der Waals surface area contributed by atoms with Gasteiger partial charge in [-0.05, 0) is 34.7 Å². The molecular formula is C8H6Cl2INO. The Bertz CT molecular complexity index is 331.